The van der Waals surface area contributed by atoms with Crippen molar-refractivity contribution in [2.75, 3.05) is 7.11 Å². The van der Waals surface area contributed by atoms with Crippen LogP contribution in [-0.2, 0) is 16.3 Å². The second kappa shape index (κ2) is 8.03. The topological polar surface area (TPSA) is 56.3 Å². The maximum Gasteiger partial charge on any atom is 0.208 e. The van der Waals surface area contributed by atoms with Crippen molar-refractivity contribution in [3.63, 3.8) is 0 Å². The highest BCUT2D eigenvalue weighted by atomic mass is 32.2. The average molecular weight is 443 g/mol. The molecule has 0 spiro atoms. The Kier molecular flexibility index (Phi) is 5.41. The number of sulfone groups is 1. The Bertz CT molecular complexity index is 1330. The lowest BCUT2D eigenvalue weighted by molar-refractivity contribution is 0.415. The fourth-order valence-electron chi connectivity index (χ4n) is 3.46. The average Bonchev–Trinajstić information content (AvgIpc) is 2.92. The summed E-state index contributed by atoms with van der Waals surface area (Å²) in [5, 5.41) is 0. The fraction of sp³-hybridized carbons (Fsp3) is 0.0870. The minimum Gasteiger partial charge on any atom is -0.497 e. The Labute approximate surface area is 177 Å². The first-order valence-corrected chi connectivity index (χ1v) is 10.7. The van der Waals surface area contributed by atoms with Crippen LogP contribution in [0.25, 0.3) is 17.2 Å². The lowest BCUT2D eigenvalue weighted by Crippen LogP contribution is -2.09. The van der Waals surface area contributed by atoms with Gasteiger partial charge in [0.1, 0.15) is 23.2 Å². The molecule has 2 aromatic carbocycles. The van der Waals surface area contributed by atoms with Crippen molar-refractivity contribution in [2.24, 2.45) is 0 Å². The smallest absolute Gasteiger partial charge is 0.208 e. The van der Waals surface area contributed by atoms with Gasteiger partial charge in [0.15, 0.2) is 0 Å². The summed E-state index contributed by atoms with van der Waals surface area (Å²) in [5.74, 6) is -2.07. The highest BCUT2D eigenvalue weighted by Gasteiger charge is 2.28. The first kappa shape index (κ1) is 20.9. The molecule has 3 aromatic rings. The van der Waals surface area contributed by atoms with E-state index in [1.165, 1.54) is 19.3 Å². The van der Waals surface area contributed by atoms with Crippen molar-refractivity contribution < 1.29 is 26.3 Å². The molecule has 158 valence electrons. The van der Waals surface area contributed by atoms with Gasteiger partial charge in [-0.15, -0.1) is 0 Å². The molecule has 0 radical (unpaired) electrons. The molecule has 1 aliphatic rings. The second-order valence-electron chi connectivity index (χ2n) is 6.84. The van der Waals surface area contributed by atoms with Crippen LogP contribution in [0.2, 0.25) is 0 Å². The number of hydrogen-bond acceptors (Lipinski definition) is 4. The van der Waals surface area contributed by atoms with Gasteiger partial charge in [0, 0.05) is 17.8 Å². The van der Waals surface area contributed by atoms with Crippen LogP contribution in [0.15, 0.2) is 76.4 Å². The van der Waals surface area contributed by atoms with E-state index in [0.717, 1.165) is 18.3 Å². The third kappa shape index (κ3) is 3.98. The fourth-order valence-corrected chi connectivity index (χ4v) is 4.95. The summed E-state index contributed by atoms with van der Waals surface area (Å²) >= 11 is 0. The summed E-state index contributed by atoms with van der Waals surface area (Å²) in [5.41, 5.74) is 1.49. The van der Waals surface area contributed by atoms with Crippen LogP contribution in [-0.4, -0.2) is 20.5 Å². The van der Waals surface area contributed by atoms with Crippen molar-refractivity contribution >= 4 is 15.9 Å². The van der Waals surface area contributed by atoms with Crippen LogP contribution >= 0.6 is 0 Å². The van der Waals surface area contributed by atoms with E-state index < -0.39 is 32.2 Å². The molecule has 0 aliphatic heterocycles. The maximum absolute atomic E-state index is 14.0. The summed E-state index contributed by atoms with van der Waals surface area (Å²) in [6.07, 6.45) is 5.33. The lowest BCUT2D eigenvalue weighted by atomic mass is 9.97. The summed E-state index contributed by atoms with van der Waals surface area (Å²) in [4.78, 5) is 3.36. The van der Waals surface area contributed by atoms with E-state index in [9.17, 15) is 21.6 Å². The lowest BCUT2D eigenvalue weighted by Gasteiger charge is -2.17. The zero-order valence-electron chi connectivity index (χ0n) is 16.3. The number of rotatable bonds is 4. The van der Waals surface area contributed by atoms with Crippen LogP contribution in [0.4, 0.5) is 13.2 Å². The van der Waals surface area contributed by atoms with Crippen molar-refractivity contribution in [1.29, 1.82) is 0 Å². The van der Waals surface area contributed by atoms with E-state index in [-0.39, 0.29) is 22.6 Å². The molecule has 1 aromatic heterocycles. The highest BCUT2D eigenvalue weighted by molar-refractivity contribution is 7.91. The predicted molar refractivity (Wildman–Crippen MR) is 110 cm³/mol. The van der Waals surface area contributed by atoms with Crippen LogP contribution in [0.5, 0.6) is 5.75 Å². The molecule has 0 atom stereocenters. The number of halogens is 3. The SMILES string of the molecule is COc1cccc(-c2c(S(=O)(=O)c3cc(F)cc(F)c3)cnc3c2CC=CC(F)=C3)c1. The van der Waals surface area contributed by atoms with Gasteiger partial charge in [-0.05, 0) is 54.0 Å². The van der Waals surface area contributed by atoms with Gasteiger partial charge in [-0.1, -0.05) is 18.2 Å². The first-order valence-electron chi connectivity index (χ1n) is 9.21. The third-order valence-electron chi connectivity index (χ3n) is 4.85. The standard InChI is InChI=1S/C23H16F3NO3S/c1-30-18-6-2-4-14(8-18)23-20-7-3-5-15(24)12-21(20)27-13-22(23)31(28,29)19-10-16(25)9-17(26)11-19/h2-6,8-13H,7H2,1H3. The van der Waals surface area contributed by atoms with Crippen molar-refractivity contribution in [1.82, 2.24) is 4.98 Å². The number of aromatic nitrogens is 1. The van der Waals surface area contributed by atoms with E-state index in [4.69, 9.17) is 4.74 Å². The number of ether oxygens (including phenoxy) is 1. The van der Waals surface area contributed by atoms with Gasteiger partial charge in [0.25, 0.3) is 0 Å². The van der Waals surface area contributed by atoms with Gasteiger partial charge < -0.3 is 4.74 Å². The third-order valence-corrected chi connectivity index (χ3v) is 6.59. The van der Waals surface area contributed by atoms with Gasteiger partial charge in [-0.25, -0.2) is 21.6 Å². The number of fused-ring (bicyclic) bond motifs is 1. The summed E-state index contributed by atoms with van der Waals surface area (Å²) in [7, 11) is -2.89. The van der Waals surface area contributed by atoms with E-state index in [0.29, 0.717) is 22.9 Å². The molecule has 1 heterocycles. The van der Waals surface area contributed by atoms with Crippen molar-refractivity contribution in [3.05, 3.63) is 89.5 Å². The van der Waals surface area contributed by atoms with Crippen LogP contribution in [0, 0.1) is 11.6 Å². The van der Waals surface area contributed by atoms with Gasteiger partial charge in [0.2, 0.25) is 9.84 Å². The quantitative estimate of drug-likeness (QED) is 0.550. The van der Waals surface area contributed by atoms with Crippen LogP contribution in [0.1, 0.15) is 11.3 Å². The number of allylic oxidation sites excluding steroid dienone is 3. The Morgan fingerprint density at radius 1 is 1.03 bits per heavy atom. The van der Waals surface area contributed by atoms with E-state index >= 15 is 0 Å². The number of hydrogen-bond donors (Lipinski definition) is 0. The highest BCUT2D eigenvalue weighted by Crippen LogP contribution is 2.38. The molecule has 0 saturated heterocycles. The Morgan fingerprint density at radius 3 is 2.48 bits per heavy atom. The predicted octanol–water partition coefficient (Wildman–Crippen LogP) is 5.29. The summed E-state index contributed by atoms with van der Waals surface area (Å²) < 4.78 is 73.6. The molecule has 8 heteroatoms. The van der Waals surface area contributed by atoms with Gasteiger partial charge in [-0.3, -0.25) is 4.98 Å². The van der Waals surface area contributed by atoms with E-state index in [2.05, 4.69) is 4.98 Å². The monoisotopic (exact) mass is 443 g/mol. The second-order valence-corrected chi connectivity index (χ2v) is 8.76. The van der Waals surface area contributed by atoms with E-state index in [1.54, 1.807) is 30.3 Å². The molecule has 0 amide bonds. The molecule has 0 saturated carbocycles. The molecule has 0 fully saturated rings. The van der Waals surface area contributed by atoms with E-state index in [1.807, 2.05) is 0 Å². The Balaban J connectivity index is 2.05. The van der Waals surface area contributed by atoms with Crippen molar-refractivity contribution in [2.45, 2.75) is 16.2 Å². The Morgan fingerprint density at radius 2 is 1.77 bits per heavy atom. The zero-order chi connectivity index (χ0) is 22.2. The molecule has 1 aliphatic carbocycles. The van der Waals surface area contributed by atoms with Crippen molar-refractivity contribution in [3.8, 4) is 16.9 Å². The number of methoxy groups -OCH3 is 1. The largest absolute Gasteiger partial charge is 0.497 e. The maximum atomic E-state index is 14.0. The van der Waals surface area contributed by atoms with Crippen LogP contribution < -0.4 is 4.74 Å². The minimum absolute atomic E-state index is 0.208. The van der Waals surface area contributed by atoms with Crippen LogP contribution in [0.3, 0.4) is 0 Å². The molecular weight excluding hydrogens is 427 g/mol. The van der Waals surface area contributed by atoms with Gasteiger partial charge in [-0.2, -0.15) is 0 Å². The number of benzene rings is 2. The zero-order valence-corrected chi connectivity index (χ0v) is 17.1. The number of pyridine rings is 1. The molecular formula is C23H16F3NO3S. The summed E-state index contributed by atoms with van der Waals surface area (Å²) in [6, 6.07) is 8.78. The normalized spacial score (nSPS) is 13.4. The minimum atomic E-state index is -4.36. The first-order chi connectivity index (χ1) is 14.8. The molecule has 0 unspecified atom stereocenters. The molecule has 4 rings (SSSR count). The molecule has 31 heavy (non-hydrogen) atoms. The molecule has 0 N–H and O–H groups in total. The van der Waals surface area contributed by atoms with Gasteiger partial charge in [0.05, 0.1) is 22.6 Å². The Hall–Kier alpha value is -3.39. The molecule has 0 bridgehead atoms. The number of nitrogens with zero attached hydrogens (tertiary/aromatic N) is 1. The molecule has 4 nitrogen and oxygen atoms in total. The summed E-state index contributed by atoms with van der Waals surface area (Å²) in [6.45, 7) is 0. The van der Waals surface area contributed by atoms with Gasteiger partial charge >= 0.3 is 0 Å².